The molecule has 23 heavy (non-hydrogen) atoms. The summed E-state index contributed by atoms with van der Waals surface area (Å²) >= 11 is 9.30. The number of aromatic carboxylic acids is 1. The van der Waals surface area contributed by atoms with Crippen LogP contribution in [0.25, 0.3) is 11.0 Å². The van der Waals surface area contributed by atoms with E-state index in [1.54, 1.807) is 7.05 Å². The fourth-order valence-corrected chi connectivity index (χ4v) is 2.88. The van der Waals surface area contributed by atoms with E-state index >= 15 is 0 Å². The second-order valence-electron chi connectivity index (χ2n) is 4.81. The molecule has 0 atom stereocenters. The first kappa shape index (κ1) is 14.5. The number of halogens is 3. The first-order valence-corrected chi connectivity index (χ1v) is 7.56. The Morgan fingerprint density at radius 2 is 2.30 bits per heavy atom. The van der Waals surface area contributed by atoms with Gasteiger partial charge in [0.25, 0.3) is 0 Å². The molecule has 0 amide bonds. The number of nitrogens with one attached hydrogen (secondary N) is 1. The summed E-state index contributed by atoms with van der Waals surface area (Å²) in [5.41, 5.74) is -0.0711. The average Bonchev–Trinajstić information content (AvgIpc) is 2.86. The van der Waals surface area contributed by atoms with E-state index in [9.17, 15) is 14.3 Å². The fourth-order valence-electron chi connectivity index (χ4n) is 2.18. The molecule has 0 spiro atoms. The summed E-state index contributed by atoms with van der Waals surface area (Å²) in [6, 6.07) is 4.31. The molecule has 0 saturated heterocycles. The normalized spacial score (nSPS) is 11.6. The number of carbonyl (C=O) groups is 1. The zero-order chi connectivity index (χ0) is 17.6. The Bertz CT molecular complexity index is 969. The number of fused-ring (bicyclic) bond motifs is 1. The van der Waals surface area contributed by atoms with Gasteiger partial charge in [0, 0.05) is 11.5 Å². The lowest BCUT2D eigenvalue weighted by atomic mass is 10.1. The van der Waals surface area contributed by atoms with Crippen LogP contribution in [0.5, 0.6) is 0 Å². The van der Waals surface area contributed by atoms with Gasteiger partial charge in [-0.1, -0.05) is 27.5 Å². The molecule has 2 N–H and O–H groups in total. The number of nitrogens with zero attached hydrogens (tertiary/aromatic N) is 2. The number of anilines is 2. The maximum Gasteiger partial charge on any atom is 0.338 e. The van der Waals surface area contributed by atoms with Gasteiger partial charge in [-0.15, -0.1) is 0 Å². The molecule has 1 aromatic heterocycles. The molecule has 3 rings (SSSR count). The summed E-state index contributed by atoms with van der Waals surface area (Å²) in [6.07, 6.45) is 1.39. The van der Waals surface area contributed by atoms with E-state index in [-0.39, 0.29) is 33.5 Å². The summed E-state index contributed by atoms with van der Waals surface area (Å²) in [7, 11) is 1.64. The van der Waals surface area contributed by atoms with Gasteiger partial charge in [0.2, 0.25) is 0 Å². The van der Waals surface area contributed by atoms with E-state index in [0.29, 0.717) is 9.99 Å². The summed E-state index contributed by atoms with van der Waals surface area (Å²) in [5.74, 6) is -2.12. The Morgan fingerprint density at radius 3 is 2.96 bits per heavy atom. The standard InChI is InChI=1S/C15H10BrClFN3O2/c1-21-6-19-14-11(21)5-8(15(22)23)13(12(14)18)20-10-3-2-7(16)4-9(10)17/h2-6,20H,1H3,(H,22,23)/i3D. The van der Waals surface area contributed by atoms with Crippen molar-refractivity contribution in [2.75, 3.05) is 5.32 Å². The lowest BCUT2D eigenvalue weighted by Gasteiger charge is -2.13. The maximum absolute atomic E-state index is 14.8. The van der Waals surface area contributed by atoms with Gasteiger partial charge in [-0.25, -0.2) is 14.2 Å². The largest absolute Gasteiger partial charge is 0.478 e. The van der Waals surface area contributed by atoms with Crippen molar-refractivity contribution >= 4 is 55.9 Å². The molecule has 0 unspecified atom stereocenters. The monoisotopic (exact) mass is 398 g/mol. The van der Waals surface area contributed by atoms with Gasteiger partial charge in [0.05, 0.1) is 35.2 Å². The topological polar surface area (TPSA) is 67.2 Å². The van der Waals surface area contributed by atoms with Crippen LogP contribution >= 0.6 is 27.5 Å². The quantitative estimate of drug-likeness (QED) is 0.677. The summed E-state index contributed by atoms with van der Waals surface area (Å²) in [6.45, 7) is 0. The molecule has 0 aliphatic carbocycles. The highest BCUT2D eigenvalue weighted by Gasteiger charge is 2.21. The van der Waals surface area contributed by atoms with Gasteiger partial charge in [0.15, 0.2) is 5.82 Å². The van der Waals surface area contributed by atoms with E-state index in [1.165, 1.54) is 29.1 Å². The summed E-state index contributed by atoms with van der Waals surface area (Å²) in [5, 5.41) is 12.2. The van der Waals surface area contributed by atoms with Crippen LogP contribution in [0.15, 0.2) is 35.0 Å². The molecule has 0 aliphatic heterocycles. The number of carboxylic acid groups (broad SMARTS) is 1. The molecule has 118 valence electrons. The van der Waals surface area contributed by atoms with E-state index in [1.807, 2.05) is 0 Å². The maximum atomic E-state index is 14.8. The van der Waals surface area contributed by atoms with E-state index in [2.05, 4.69) is 26.2 Å². The lowest BCUT2D eigenvalue weighted by molar-refractivity contribution is 0.0697. The second-order valence-corrected chi connectivity index (χ2v) is 6.13. The van der Waals surface area contributed by atoms with Crippen molar-refractivity contribution in [3.63, 3.8) is 0 Å². The van der Waals surface area contributed by atoms with Crippen molar-refractivity contribution in [3.05, 3.63) is 51.4 Å². The Morgan fingerprint density at radius 1 is 1.57 bits per heavy atom. The predicted molar refractivity (Wildman–Crippen MR) is 90.1 cm³/mol. The first-order valence-electron chi connectivity index (χ1n) is 6.89. The minimum absolute atomic E-state index is 0.00812. The smallest absolute Gasteiger partial charge is 0.338 e. The second kappa shape index (κ2) is 5.82. The van der Waals surface area contributed by atoms with Crippen LogP contribution in [0.1, 0.15) is 11.7 Å². The zero-order valence-corrected chi connectivity index (χ0v) is 14.0. The van der Waals surface area contributed by atoms with E-state index in [4.69, 9.17) is 13.0 Å². The Kier molecular flexibility index (Phi) is 3.66. The highest BCUT2D eigenvalue weighted by atomic mass is 79.9. The third-order valence-corrected chi connectivity index (χ3v) is 4.05. The molecule has 0 saturated carbocycles. The van der Waals surface area contributed by atoms with Crippen LogP contribution in [-0.2, 0) is 7.05 Å². The number of rotatable bonds is 3. The van der Waals surface area contributed by atoms with Crippen molar-refractivity contribution in [3.8, 4) is 0 Å². The molecular formula is C15H10BrClFN3O2. The van der Waals surface area contributed by atoms with Crippen molar-refractivity contribution in [2.45, 2.75) is 0 Å². The van der Waals surface area contributed by atoms with Gasteiger partial charge in [-0.05, 0) is 24.2 Å². The predicted octanol–water partition coefficient (Wildman–Crippen LogP) is 4.57. The molecule has 0 fully saturated rings. The molecule has 0 aliphatic rings. The summed E-state index contributed by atoms with van der Waals surface area (Å²) in [4.78, 5) is 15.5. The Hall–Kier alpha value is -2.12. The van der Waals surface area contributed by atoms with Gasteiger partial charge >= 0.3 is 5.97 Å². The molecule has 2 aromatic carbocycles. The van der Waals surface area contributed by atoms with Crippen molar-refractivity contribution in [1.82, 2.24) is 9.55 Å². The van der Waals surface area contributed by atoms with Crippen molar-refractivity contribution in [1.29, 1.82) is 0 Å². The Balaban J connectivity index is 2.24. The van der Waals surface area contributed by atoms with Gasteiger partial charge < -0.3 is 15.0 Å². The van der Waals surface area contributed by atoms with Crippen molar-refractivity contribution < 1.29 is 15.7 Å². The van der Waals surface area contributed by atoms with Gasteiger partial charge in [-0.2, -0.15) is 0 Å². The van der Waals surface area contributed by atoms with Crippen LogP contribution in [-0.4, -0.2) is 20.6 Å². The first-order chi connectivity index (χ1) is 11.3. The molecule has 0 bridgehead atoms. The molecule has 5 nitrogen and oxygen atoms in total. The number of imidazole rings is 1. The number of hydrogen-bond acceptors (Lipinski definition) is 3. The number of hydrogen-bond donors (Lipinski definition) is 2. The highest BCUT2D eigenvalue weighted by Crippen LogP contribution is 2.34. The number of aromatic nitrogens is 2. The lowest BCUT2D eigenvalue weighted by Crippen LogP contribution is -2.06. The van der Waals surface area contributed by atoms with Gasteiger partial charge in [0.1, 0.15) is 5.52 Å². The van der Waals surface area contributed by atoms with Gasteiger partial charge in [-0.3, -0.25) is 0 Å². The Labute approximate surface area is 145 Å². The van der Waals surface area contributed by atoms with Crippen LogP contribution in [0.2, 0.25) is 5.02 Å². The van der Waals surface area contributed by atoms with E-state index < -0.39 is 11.8 Å². The number of carboxylic acids is 1. The van der Waals surface area contributed by atoms with Crippen LogP contribution in [0.3, 0.4) is 0 Å². The molecule has 1 heterocycles. The minimum atomic E-state index is -1.31. The van der Waals surface area contributed by atoms with Crippen LogP contribution < -0.4 is 5.32 Å². The summed E-state index contributed by atoms with van der Waals surface area (Å²) < 4.78 is 24.9. The number of benzene rings is 2. The highest BCUT2D eigenvalue weighted by molar-refractivity contribution is 9.10. The fraction of sp³-hybridized carbons (Fsp3) is 0.0667. The number of aryl methyl sites for hydroxylation is 1. The van der Waals surface area contributed by atoms with Crippen molar-refractivity contribution in [2.24, 2.45) is 7.05 Å². The minimum Gasteiger partial charge on any atom is -0.478 e. The third kappa shape index (κ3) is 2.77. The molecule has 8 heteroatoms. The third-order valence-electron chi connectivity index (χ3n) is 3.30. The average molecular weight is 400 g/mol. The molecule has 0 radical (unpaired) electrons. The van der Waals surface area contributed by atoms with Crippen LogP contribution in [0.4, 0.5) is 15.8 Å². The zero-order valence-electron chi connectivity index (χ0n) is 12.7. The molecule has 3 aromatic rings. The van der Waals surface area contributed by atoms with E-state index in [0.717, 1.165) is 0 Å². The van der Waals surface area contributed by atoms with Crippen LogP contribution in [0, 0.1) is 5.82 Å². The SMILES string of the molecule is [2H]c1cc(Br)cc(Cl)c1Nc1c(C(=O)O)cc2c(ncn2C)c1F. The molecular weight excluding hydrogens is 389 g/mol.